The quantitative estimate of drug-likeness (QED) is 0.885. The summed E-state index contributed by atoms with van der Waals surface area (Å²) >= 11 is 0. The molecule has 4 nitrogen and oxygen atoms in total. The molecule has 1 saturated carbocycles. The van der Waals surface area contributed by atoms with Crippen LogP contribution in [0.5, 0.6) is 5.75 Å². The van der Waals surface area contributed by atoms with E-state index >= 15 is 0 Å². The molecule has 0 spiro atoms. The van der Waals surface area contributed by atoms with Crippen LogP contribution >= 0.6 is 0 Å². The van der Waals surface area contributed by atoms with Crippen LogP contribution in [0.3, 0.4) is 0 Å². The van der Waals surface area contributed by atoms with Crippen molar-refractivity contribution in [3.8, 4) is 17.0 Å². The Morgan fingerprint density at radius 2 is 2.00 bits per heavy atom. The number of ether oxygens (including phenoxy) is 1. The minimum atomic E-state index is -0.214. The number of hydrogen-bond donors (Lipinski definition) is 2. The molecule has 0 unspecified atom stereocenters. The van der Waals surface area contributed by atoms with Crippen molar-refractivity contribution >= 4 is 0 Å². The molecule has 0 saturated heterocycles. The Morgan fingerprint density at radius 1 is 1.32 bits per heavy atom. The average molecular weight is 257 g/mol. The first kappa shape index (κ1) is 12.2. The van der Waals surface area contributed by atoms with Gasteiger partial charge in [-0.3, -0.25) is 0 Å². The summed E-state index contributed by atoms with van der Waals surface area (Å²) in [5.41, 5.74) is 9.10. The molecule has 100 valence electrons. The third-order valence-corrected chi connectivity index (χ3v) is 3.58. The number of rotatable bonds is 4. The summed E-state index contributed by atoms with van der Waals surface area (Å²) in [6.07, 6.45) is 2.03. The molecule has 0 aliphatic heterocycles. The minimum absolute atomic E-state index is 0.214. The highest BCUT2D eigenvalue weighted by Gasteiger charge is 2.43. The van der Waals surface area contributed by atoms with Crippen LogP contribution in [-0.4, -0.2) is 16.6 Å². The highest BCUT2D eigenvalue weighted by Crippen LogP contribution is 2.42. The monoisotopic (exact) mass is 257 g/mol. The van der Waals surface area contributed by atoms with Crippen LogP contribution in [0.2, 0.25) is 0 Å². The highest BCUT2D eigenvalue weighted by molar-refractivity contribution is 5.63. The molecular weight excluding hydrogens is 238 g/mol. The van der Waals surface area contributed by atoms with E-state index in [1.165, 1.54) is 0 Å². The lowest BCUT2D eigenvalue weighted by atomic mass is 10.1. The van der Waals surface area contributed by atoms with Gasteiger partial charge in [0.1, 0.15) is 11.6 Å². The van der Waals surface area contributed by atoms with Gasteiger partial charge in [-0.2, -0.15) is 0 Å². The fourth-order valence-electron chi connectivity index (χ4n) is 2.22. The Labute approximate surface area is 113 Å². The summed E-state index contributed by atoms with van der Waals surface area (Å²) < 4.78 is 5.45. The topological polar surface area (TPSA) is 63.9 Å². The van der Waals surface area contributed by atoms with E-state index in [2.05, 4.69) is 9.97 Å². The van der Waals surface area contributed by atoms with Crippen molar-refractivity contribution in [2.45, 2.75) is 32.2 Å². The molecule has 3 N–H and O–H groups in total. The Kier molecular flexibility index (Phi) is 2.82. The molecule has 0 bridgehead atoms. The lowest BCUT2D eigenvalue weighted by Gasteiger charge is -2.04. The van der Waals surface area contributed by atoms with Gasteiger partial charge < -0.3 is 15.5 Å². The van der Waals surface area contributed by atoms with Crippen LogP contribution < -0.4 is 10.5 Å². The molecule has 2 aromatic rings. The molecule has 1 heterocycles. The van der Waals surface area contributed by atoms with Gasteiger partial charge in [-0.1, -0.05) is 0 Å². The summed E-state index contributed by atoms with van der Waals surface area (Å²) in [5.74, 6) is 1.80. The molecule has 3 rings (SSSR count). The van der Waals surface area contributed by atoms with Crippen molar-refractivity contribution in [3.63, 3.8) is 0 Å². The van der Waals surface area contributed by atoms with Crippen LogP contribution in [0.25, 0.3) is 11.3 Å². The maximum atomic E-state index is 6.18. The number of nitrogens with one attached hydrogen (secondary N) is 1. The smallest absolute Gasteiger partial charge is 0.127 e. The first-order chi connectivity index (χ1) is 9.12. The molecule has 1 aromatic carbocycles. The number of hydrogen-bond acceptors (Lipinski definition) is 3. The van der Waals surface area contributed by atoms with Crippen LogP contribution in [0.4, 0.5) is 0 Å². The number of H-pyrrole nitrogens is 1. The largest absolute Gasteiger partial charge is 0.494 e. The zero-order valence-electron chi connectivity index (χ0n) is 11.4. The fourth-order valence-corrected chi connectivity index (χ4v) is 2.22. The van der Waals surface area contributed by atoms with Crippen molar-refractivity contribution in [1.82, 2.24) is 9.97 Å². The van der Waals surface area contributed by atoms with Crippen molar-refractivity contribution < 1.29 is 4.74 Å². The molecular formula is C15H19N3O. The zero-order valence-corrected chi connectivity index (χ0v) is 11.4. The van der Waals surface area contributed by atoms with Gasteiger partial charge in [0.05, 0.1) is 17.8 Å². The van der Waals surface area contributed by atoms with Gasteiger partial charge in [0.25, 0.3) is 0 Å². The normalized spacial score (nSPS) is 16.4. The van der Waals surface area contributed by atoms with E-state index in [-0.39, 0.29) is 5.54 Å². The first-order valence-electron chi connectivity index (χ1n) is 6.71. The van der Waals surface area contributed by atoms with E-state index in [9.17, 15) is 0 Å². The van der Waals surface area contributed by atoms with E-state index in [0.717, 1.165) is 41.4 Å². The minimum Gasteiger partial charge on any atom is -0.494 e. The molecule has 4 heteroatoms. The second-order valence-corrected chi connectivity index (χ2v) is 5.17. The van der Waals surface area contributed by atoms with Crippen molar-refractivity contribution in [1.29, 1.82) is 0 Å². The molecule has 1 aromatic heterocycles. The second-order valence-electron chi connectivity index (χ2n) is 5.17. The number of benzene rings is 1. The maximum Gasteiger partial charge on any atom is 0.127 e. The number of nitrogens with zero attached hydrogens (tertiary/aromatic N) is 1. The van der Waals surface area contributed by atoms with Crippen LogP contribution in [0.15, 0.2) is 24.3 Å². The molecule has 1 fully saturated rings. The van der Waals surface area contributed by atoms with Crippen molar-refractivity contribution in [2.75, 3.05) is 6.61 Å². The standard InChI is InChI=1S/C15H19N3O/c1-3-19-12-6-4-11(5-7-12)13-10(2)17-14(18-13)15(16)8-9-15/h4-7H,3,8-9,16H2,1-2H3,(H,17,18). The van der Waals surface area contributed by atoms with E-state index in [4.69, 9.17) is 10.5 Å². The van der Waals surface area contributed by atoms with Gasteiger partial charge in [0, 0.05) is 11.3 Å². The molecule has 0 atom stereocenters. The zero-order chi connectivity index (χ0) is 13.5. The number of imidazole rings is 1. The van der Waals surface area contributed by atoms with Gasteiger partial charge in [0.15, 0.2) is 0 Å². The summed E-state index contributed by atoms with van der Waals surface area (Å²) in [6.45, 7) is 4.70. The lowest BCUT2D eigenvalue weighted by Crippen LogP contribution is -2.20. The fraction of sp³-hybridized carbons (Fsp3) is 0.400. The predicted octanol–water partition coefficient (Wildman–Crippen LogP) is 2.73. The summed E-state index contributed by atoms with van der Waals surface area (Å²) in [6, 6.07) is 8.02. The van der Waals surface area contributed by atoms with E-state index in [1.807, 2.05) is 38.1 Å². The number of aromatic amines is 1. The SMILES string of the molecule is CCOc1ccc(-c2nc(C3(N)CC3)[nH]c2C)cc1. The average Bonchev–Trinajstić information content (AvgIpc) is 3.03. The third kappa shape index (κ3) is 2.24. The molecule has 1 aliphatic carbocycles. The first-order valence-corrected chi connectivity index (χ1v) is 6.71. The van der Waals surface area contributed by atoms with Gasteiger partial charge in [-0.15, -0.1) is 0 Å². The van der Waals surface area contributed by atoms with Gasteiger partial charge >= 0.3 is 0 Å². The van der Waals surface area contributed by atoms with E-state index in [0.29, 0.717) is 6.61 Å². The number of aromatic nitrogens is 2. The molecule has 1 aliphatic rings. The van der Waals surface area contributed by atoms with Crippen LogP contribution in [0.1, 0.15) is 31.3 Å². The second kappa shape index (κ2) is 4.38. The third-order valence-electron chi connectivity index (χ3n) is 3.58. The van der Waals surface area contributed by atoms with E-state index in [1.54, 1.807) is 0 Å². The molecule has 19 heavy (non-hydrogen) atoms. The Bertz CT molecular complexity index is 582. The van der Waals surface area contributed by atoms with Crippen molar-refractivity contribution in [2.24, 2.45) is 5.73 Å². The van der Waals surface area contributed by atoms with Gasteiger partial charge in [-0.05, 0) is 51.0 Å². The molecule has 0 radical (unpaired) electrons. The summed E-state index contributed by atoms with van der Waals surface area (Å²) in [5, 5.41) is 0. The Morgan fingerprint density at radius 3 is 2.58 bits per heavy atom. The van der Waals surface area contributed by atoms with Gasteiger partial charge in [0.2, 0.25) is 0 Å². The maximum absolute atomic E-state index is 6.18. The van der Waals surface area contributed by atoms with Crippen molar-refractivity contribution in [3.05, 3.63) is 35.8 Å². The summed E-state index contributed by atoms with van der Waals surface area (Å²) in [4.78, 5) is 7.99. The van der Waals surface area contributed by atoms with E-state index < -0.39 is 0 Å². The predicted molar refractivity (Wildman–Crippen MR) is 75.0 cm³/mol. The molecule has 0 amide bonds. The Hall–Kier alpha value is -1.81. The Balaban J connectivity index is 1.91. The number of nitrogens with two attached hydrogens (primary N) is 1. The van der Waals surface area contributed by atoms with Crippen LogP contribution in [0, 0.1) is 6.92 Å². The highest BCUT2D eigenvalue weighted by atomic mass is 16.5. The van der Waals surface area contributed by atoms with Crippen LogP contribution in [-0.2, 0) is 5.54 Å². The number of aryl methyl sites for hydroxylation is 1. The lowest BCUT2D eigenvalue weighted by molar-refractivity contribution is 0.340. The summed E-state index contributed by atoms with van der Waals surface area (Å²) in [7, 11) is 0. The van der Waals surface area contributed by atoms with Gasteiger partial charge in [-0.25, -0.2) is 4.98 Å².